The highest BCUT2D eigenvalue weighted by atomic mass is 79.9. The fourth-order valence-electron chi connectivity index (χ4n) is 1.94. The lowest BCUT2D eigenvalue weighted by molar-refractivity contribution is -0.117. The van der Waals surface area contributed by atoms with Crippen LogP contribution in [0.4, 0.5) is 23.2 Å². The van der Waals surface area contributed by atoms with Gasteiger partial charge in [-0.1, -0.05) is 12.1 Å². The molecule has 0 saturated heterocycles. The first-order valence-electron chi connectivity index (χ1n) is 6.64. The summed E-state index contributed by atoms with van der Waals surface area (Å²) in [6.07, 6.45) is -2.79. The molecule has 0 bridgehead atoms. The Bertz CT molecular complexity index is 737. The van der Waals surface area contributed by atoms with Crippen LogP contribution in [0.5, 0.6) is 5.75 Å². The second-order valence-electron chi connectivity index (χ2n) is 4.67. The Kier molecular flexibility index (Phi) is 5.81. The van der Waals surface area contributed by atoms with Gasteiger partial charge < -0.3 is 10.1 Å². The van der Waals surface area contributed by atoms with Crippen molar-refractivity contribution < 1.29 is 27.1 Å². The average molecular weight is 410 g/mol. The smallest absolute Gasteiger partial charge is 0.387 e. The maximum Gasteiger partial charge on any atom is 0.387 e. The van der Waals surface area contributed by atoms with E-state index >= 15 is 0 Å². The second kappa shape index (κ2) is 7.65. The van der Waals surface area contributed by atoms with Gasteiger partial charge in [0.2, 0.25) is 5.91 Å². The summed E-state index contributed by atoms with van der Waals surface area (Å²) in [6.45, 7) is -1.88. The molecule has 0 unspecified atom stereocenters. The Morgan fingerprint density at radius 2 is 2.00 bits per heavy atom. The second-order valence-corrected chi connectivity index (χ2v) is 5.46. The molecule has 1 N–H and O–H groups in total. The van der Waals surface area contributed by atoms with Gasteiger partial charge in [0.1, 0.15) is 18.0 Å². The van der Waals surface area contributed by atoms with Gasteiger partial charge >= 0.3 is 6.61 Å². The Balaban J connectivity index is 2.14. The summed E-state index contributed by atoms with van der Waals surface area (Å²) in [5.74, 6) is -0.827. The van der Waals surface area contributed by atoms with Gasteiger partial charge in [0.25, 0.3) is 6.43 Å². The summed E-state index contributed by atoms with van der Waals surface area (Å²) in [6, 6.07) is 5.65. The highest BCUT2D eigenvalue weighted by Gasteiger charge is 2.21. The van der Waals surface area contributed by atoms with Gasteiger partial charge in [-0.15, -0.1) is 0 Å². The molecule has 1 aromatic heterocycles. The number of aromatic nitrogens is 2. The van der Waals surface area contributed by atoms with E-state index in [4.69, 9.17) is 0 Å². The van der Waals surface area contributed by atoms with Gasteiger partial charge in [0.05, 0.1) is 15.9 Å². The lowest BCUT2D eigenvalue weighted by Gasteiger charge is -2.12. The van der Waals surface area contributed by atoms with E-state index in [2.05, 4.69) is 31.1 Å². The normalized spacial score (nSPS) is 11.2. The van der Waals surface area contributed by atoms with Gasteiger partial charge in [-0.25, -0.2) is 8.78 Å². The first-order chi connectivity index (χ1) is 11.3. The van der Waals surface area contributed by atoms with Gasteiger partial charge in [0.15, 0.2) is 0 Å². The topological polar surface area (TPSA) is 56.2 Å². The molecule has 0 saturated carbocycles. The van der Waals surface area contributed by atoms with Crippen LogP contribution in [0.15, 0.2) is 28.7 Å². The molecule has 0 spiro atoms. The Labute approximate surface area is 142 Å². The Morgan fingerprint density at radius 1 is 1.33 bits per heavy atom. The number of anilines is 1. The van der Waals surface area contributed by atoms with Crippen molar-refractivity contribution in [2.45, 2.75) is 26.5 Å². The molecule has 0 atom stereocenters. The van der Waals surface area contributed by atoms with E-state index in [0.29, 0.717) is 5.69 Å². The van der Waals surface area contributed by atoms with Crippen LogP contribution in [0.1, 0.15) is 17.8 Å². The SMILES string of the molecule is Cc1c(Br)c(C(F)F)nn1CC(=O)Nc1ccccc1OC(F)F. The van der Waals surface area contributed by atoms with E-state index in [1.807, 2.05) is 0 Å². The van der Waals surface area contributed by atoms with Crippen molar-refractivity contribution in [3.8, 4) is 5.75 Å². The summed E-state index contributed by atoms with van der Waals surface area (Å²) in [4.78, 5) is 12.0. The molecule has 10 heteroatoms. The fourth-order valence-corrected chi connectivity index (χ4v) is 2.39. The largest absolute Gasteiger partial charge is 0.433 e. The predicted octanol–water partition coefficient (Wildman–Crippen LogP) is 4.13. The van der Waals surface area contributed by atoms with Gasteiger partial charge in [-0.3, -0.25) is 9.48 Å². The maximum atomic E-state index is 12.8. The van der Waals surface area contributed by atoms with Crippen LogP contribution in [0.2, 0.25) is 0 Å². The number of rotatable bonds is 6. The minimum absolute atomic E-state index is 0.0424. The van der Waals surface area contributed by atoms with Gasteiger partial charge in [-0.2, -0.15) is 13.9 Å². The molecule has 1 aromatic carbocycles. The van der Waals surface area contributed by atoms with Gasteiger partial charge in [-0.05, 0) is 35.0 Å². The van der Waals surface area contributed by atoms with Crippen molar-refractivity contribution in [2.75, 3.05) is 5.32 Å². The molecule has 0 fully saturated rings. The summed E-state index contributed by atoms with van der Waals surface area (Å²) in [5, 5.41) is 6.06. The maximum absolute atomic E-state index is 12.8. The first kappa shape index (κ1) is 18.2. The molecule has 1 amide bonds. The molecule has 0 aliphatic heterocycles. The van der Waals surface area contributed by atoms with Crippen LogP contribution >= 0.6 is 15.9 Å². The Morgan fingerprint density at radius 3 is 2.58 bits per heavy atom. The number of hydrogen-bond acceptors (Lipinski definition) is 3. The summed E-state index contributed by atoms with van der Waals surface area (Å²) in [7, 11) is 0. The molecule has 1 heterocycles. The number of carbonyl (C=O) groups excluding carboxylic acids is 1. The minimum atomic E-state index is -3.04. The number of para-hydroxylation sites is 2. The number of ether oxygens (including phenoxy) is 1. The molecule has 0 aliphatic carbocycles. The summed E-state index contributed by atoms with van der Waals surface area (Å²) in [5.41, 5.74) is -0.0833. The van der Waals surface area contributed by atoms with Crippen LogP contribution in [0.25, 0.3) is 0 Å². The van der Waals surface area contributed by atoms with Crippen LogP contribution in [0.3, 0.4) is 0 Å². The molecule has 130 valence electrons. The average Bonchev–Trinajstić information content (AvgIpc) is 2.77. The molecule has 5 nitrogen and oxygen atoms in total. The minimum Gasteiger partial charge on any atom is -0.433 e. The number of hydrogen-bond donors (Lipinski definition) is 1. The van der Waals surface area contributed by atoms with Crippen LogP contribution in [0, 0.1) is 6.92 Å². The van der Waals surface area contributed by atoms with E-state index < -0.39 is 24.6 Å². The van der Waals surface area contributed by atoms with E-state index in [1.165, 1.54) is 31.2 Å². The molecular weight excluding hydrogens is 398 g/mol. The third-order valence-corrected chi connectivity index (χ3v) is 4.02. The molecular formula is C14H12BrF4N3O2. The van der Waals surface area contributed by atoms with Crippen molar-refractivity contribution in [1.29, 1.82) is 0 Å². The highest BCUT2D eigenvalue weighted by Crippen LogP contribution is 2.29. The Hall–Kier alpha value is -2.10. The van der Waals surface area contributed by atoms with Crippen LogP contribution in [-0.4, -0.2) is 22.3 Å². The summed E-state index contributed by atoms with van der Waals surface area (Å²) >= 11 is 3.00. The third-order valence-electron chi connectivity index (χ3n) is 3.04. The molecule has 0 aliphatic rings. The zero-order valence-electron chi connectivity index (χ0n) is 12.3. The number of carbonyl (C=O) groups is 1. The van der Waals surface area contributed by atoms with Crippen molar-refractivity contribution in [3.05, 3.63) is 40.1 Å². The fraction of sp³-hybridized carbons (Fsp3) is 0.286. The number of benzene rings is 1. The lowest BCUT2D eigenvalue weighted by Crippen LogP contribution is -2.21. The monoisotopic (exact) mass is 409 g/mol. The zero-order chi connectivity index (χ0) is 17.9. The van der Waals surface area contributed by atoms with E-state index in [1.54, 1.807) is 0 Å². The predicted molar refractivity (Wildman–Crippen MR) is 81.3 cm³/mol. The van der Waals surface area contributed by atoms with Gasteiger partial charge in [0, 0.05) is 0 Å². The zero-order valence-corrected chi connectivity index (χ0v) is 13.9. The number of nitrogens with one attached hydrogen (secondary N) is 1. The number of halogens is 5. The standard InChI is InChI=1S/C14H12BrF4N3O2/c1-7-11(15)12(13(16)17)21-22(7)6-10(23)20-8-4-2-3-5-9(8)24-14(18)19/h2-5,13-14H,6H2,1H3,(H,20,23). The van der Waals surface area contributed by atoms with Crippen molar-refractivity contribution in [3.63, 3.8) is 0 Å². The van der Waals surface area contributed by atoms with Crippen LogP contribution in [-0.2, 0) is 11.3 Å². The summed E-state index contributed by atoms with van der Waals surface area (Å²) < 4.78 is 55.8. The van der Waals surface area contributed by atoms with E-state index in [0.717, 1.165) is 4.68 Å². The number of alkyl halides is 4. The van der Waals surface area contributed by atoms with Crippen molar-refractivity contribution in [2.24, 2.45) is 0 Å². The molecule has 2 rings (SSSR count). The van der Waals surface area contributed by atoms with E-state index in [-0.39, 0.29) is 22.5 Å². The quantitative estimate of drug-likeness (QED) is 0.729. The number of nitrogens with zero attached hydrogens (tertiary/aromatic N) is 2. The highest BCUT2D eigenvalue weighted by molar-refractivity contribution is 9.10. The number of amides is 1. The van der Waals surface area contributed by atoms with Crippen molar-refractivity contribution >= 4 is 27.5 Å². The molecule has 2 aromatic rings. The first-order valence-corrected chi connectivity index (χ1v) is 7.43. The van der Waals surface area contributed by atoms with E-state index in [9.17, 15) is 22.4 Å². The lowest BCUT2D eigenvalue weighted by atomic mass is 10.3. The third kappa shape index (κ3) is 4.25. The molecule has 0 radical (unpaired) electrons. The van der Waals surface area contributed by atoms with Crippen molar-refractivity contribution in [1.82, 2.24) is 9.78 Å². The molecule has 24 heavy (non-hydrogen) atoms. The van der Waals surface area contributed by atoms with Crippen LogP contribution < -0.4 is 10.1 Å².